The van der Waals surface area contributed by atoms with Gasteiger partial charge in [-0.25, -0.2) is 4.98 Å². The lowest BCUT2D eigenvalue weighted by Crippen LogP contribution is -2.35. The van der Waals surface area contributed by atoms with Crippen molar-refractivity contribution in [3.8, 4) is 0 Å². The quantitative estimate of drug-likeness (QED) is 0.831. The van der Waals surface area contributed by atoms with Crippen molar-refractivity contribution in [1.29, 1.82) is 0 Å². The summed E-state index contributed by atoms with van der Waals surface area (Å²) in [5.74, 6) is 0.760. The summed E-state index contributed by atoms with van der Waals surface area (Å²) >= 11 is 1.55. The van der Waals surface area contributed by atoms with Gasteiger partial charge in [-0.1, -0.05) is 0 Å². The van der Waals surface area contributed by atoms with E-state index in [4.69, 9.17) is 5.11 Å². The van der Waals surface area contributed by atoms with E-state index in [9.17, 15) is 4.79 Å². The van der Waals surface area contributed by atoms with Crippen molar-refractivity contribution in [3.05, 3.63) is 16.6 Å². The van der Waals surface area contributed by atoms with Crippen LogP contribution in [0.5, 0.6) is 0 Å². The number of carbonyl (C=O) groups excluding carboxylic acids is 1. The van der Waals surface area contributed by atoms with Crippen molar-refractivity contribution in [1.82, 2.24) is 14.8 Å². The van der Waals surface area contributed by atoms with E-state index in [1.165, 1.54) is 19.4 Å². The van der Waals surface area contributed by atoms with E-state index in [0.717, 1.165) is 18.0 Å². The number of nitrogens with zero attached hydrogens (tertiary/aromatic N) is 3. The van der Waals surface area contributed by atoms with Gasteiger partial charge < -0.3 is 14.9 Å². The molecule has 2 rings (SSSR count). The Bertz CT molecular complexity index is 425. The normalized spacial score (nSPS) is 19.6. The van der Waals surface area contributed by atoms with E-state index in [1.54, 1.807) is 22.4 Å². The van der Waals surface area contributed by atoms with Crippen LogP contribution in [0.3, 0.4) is 0 Å². The molecule has 1 aromatic heterocycles. The van der Waals surface area contributed by atoms with Crippen LogP contribution in [0.15, 0.2) is 11.6 Å². The maximum absolute atomic E-state index is 12.4. The number of rotatable bonds is 7. The summed E-state index contributed by atoms with van der Waals surface area (Å²) < 4.78 is 0. The van der Waals surface area contributed by atoms with Gasteiger partial charge in [0.05, 0.1) is 13.2 Å². The molecular formula is C15H25N3O2S. The smallest absolute Gasteiger partial charge is 0.223 e. The summed E-state index contributed by atoms with van der Waals surface area (Å²) in [5, 5.41) is 12.0. The molecule has 6 heteroatoms. The molecule has 1 atom stereocenters. The maximum atomic E-state index is 12.4. The van der Waals surface area contributed by atoms with Crippen LogP contribution in [0.25, 0.3) is 0 Å². The summed E-state index contributed by atoms with van der Waals surface area (Å²) in [6, 6.07) is 0. The molecule has 21 heavy (non-hydrogen) atoms. The molecule has 1 N–H and O–H groups in total. The van der Waals surface area contributed by atoms with E-state index in [0.29, 0.717) is 25.4 Å². The first-order valence-corrected chi connectivity index (χ1v) is 8.52. The van der Waals surface area contributed by atoms with E-state index >= 15 is 0 Å². The lowest BCUT2D eigenvalue weighted by Gasteiger charge is -2.30. The number of thiazole rings is 1. The van der Waals surface area contributed by atoms with E-state index in [-0.39, 0.29) is 12.5 Å². The van der Waals surface area contributed by atoms with Gasteiger partial charge >= 0.3 is 0 Å². The van der Waals surface area contributed by atoms with Crippen LogP contribution in [0, 0.1) is 5.92 Å². The molecule has 1 saturated heterocycles. The number of amides is 1. The zero-order chi connectivity index (χ0) is 15.1. The molecule has 1 aromatic rings. The van der Waals surface area contributed by atoms with Gasteiger partial charge in [0.1, 0.15) is 5.01 Å². The molecule has 0 bridgehead atoms. The second kappa shape index (κ2) is 8.46. The number of aliphatic hydroxyl groups is 1. The minimum atomic E-state index is 0.00326. The van der Waals surface area contributed by atoms with Gasteiger partial charge in [0.15, 0.2) is 0 Å². The Balaban J connectivity index is 1.80. The van der Waals surface area contributed by atoms with Crippen LogP contribution < -0.4 is 0 Å². The Hall–Kier alpha value is -0.980. The Labute approximate surface area is 130 Å². The number of aliphatic hydroxyl groups excluding tert-OH is 1. The number of carbonyl (C=O) groups is 1. The second-order valence-electron chi connectivity index (χ2n) is 5.77. The topological polar surface area (TPSA) is 56.7 Å². The van der Waals surface area contributed by atoms with Crippen molar-refractivity contribution >= 4 is 17.2 Å². The van der Waals surface area contributed by atoms with Crippen molar-refractivity contribution in [3.63, 3.8) is 0 Å². The monoisotopic (exact) mass is 311 g/mol. The number of hydrogen-bond donors (Lipinski definition) is 1. The number of aromatic nitrogens is 1. The predicted octanol–water partition coefficient (Wildman–Crippen LogP) is 1.59. The maximum Gasteiger partial charge on any atom is 0.223 e. The van der Waals surface area contributed by atoms with Crippen molar-refractivity contribution < 1.29 is 9.90 Å². The fourth-order valence-corrected chi connectivity index (χ4v) is 3.53. The summed E-state index contributed by atoms with van der Waals surface area (Å²) in [6.45, 7) is 3.18. The third-order valence-electron chi connectivity index (χ3n) is 4.02. The van der Waals surface area contributed by atoms with Crippen LogP contribution >= 0.6 is 11.3 Å². The summed E-state index contributed by atoms with van der Waals surface area (Å²) in [5.41, 5.74) is 0. The van der Waals surface area contributed by atoms with Gasteiger partial charge in [-0.05, 0) is 38.8 Å². The van der Waals surface area contributed by atoms with Crippen molar-refractivity contribution in [2.75, 3.05) is 33.3 Å². The predicted molar refractivity (Wildman–Crippen MR) is 84.1 cm³/mol. The Morgan fingerprint density at radius 3 is 3.14 bits per heavy atom. The van der Waals surface area contributed by atoms with E-state index < -0.39 is 0 Å². The SMILES string of the molecule is CN1CCC[C@@H](CCC(=O)N(CCO)Cc2nccs2)C1. The van der Waals surface area contributed by atoms with Crippen molar-refractivity contribution in [2.24, 2.45) is 5.92 Å². The molecule has 0 aromatic carbocycles. The highest BCUT2D eigenvalue weighted by molar-refractivity contribution is 7.09. The Morgan fingerprint density at radius 2 is 2.48 bits per heavy atom. The first-order valence-electron chi connectivity index (χ1n) is 7.64. The van der Waals surface area contributed by atoms with Crippen LogP contribution in [0.1, 0.15) is 30.7 Å². The highest BCUT2D eigenvalue weighted by Crippen LogP contribution is 2.20. The second-order valence-corrected chi connectivity index (χ2v) is 6.75. The highest BCUT2D eigenvalue weighted by Gasteiger charge is 2.20. The van der Waals surface area contributed by atoms with Gasteiger partial charge in [0.25, 0.3) is 0 Å². The lowest BCUT2D eigenvalue weighted by molar-refractivity contribution is -0.132. The van der Waals surface area contributed by atoms with Gasteiger partial charge in [0.2, 0.25) is 5.91 Å². The minimum absolute atomic E-state index is 0.00326. The first kappa shape index (κ1) is 16.4. The molecule has 0 saturated carbocycles. The van der Waals surface area contributed by atoms with Crippen molar-refractivity contribution in [2.45, 2.75) is 32.2 Å². The lowest BCUT2D eigenvalue weighted by atomic mass is 9.93. The standard InChI is InChI=1S/C15H25N3O2S/c1-17-7-2-3-13(11-17)4-5-15(20)18(8-9-19)12-14-16-6-10-21-14/h6,10,13,19H,2-5,7-9,11-12H2,1H3/t13-/m0/s1. The van der Waals surface area contributed by atoms with Crippen LogP contribution in [-0.4, -0.2) is 59.1 Å². The fraction of sp³-hybridized carbons (Fsp3) is 0.733. The van der Waals surface area contributed by atoms with Gasteiger partial charge in [-0.15, -0.1) is 11.3 Å². The van der Waals surface area contributed by atoms with Gasteiger partial charge in [-0.2, -0.15) is 0 Å². The molecule has 1 fully saturated rings. The van der Waals surface area contributed by atoms with Gasteiger partial charge in [0, 0.05) is 31.1 Å². The summed E-state index contributed by atoms with van der Waals surface area (Å²) in [4.78, 5) is 20.7. The largest absolute Gasteiger partial charge is 0.395 e. The van der Waals surface area contributed by atoms with Gasteiger partial charge in [-0.3, -0.25) is 4.79 Å². The fourth-order valence-electron chi connectivity index (χ4n) is 2.90. The zero-order valence-corrected chi connectivity index (χ0v) is 13.5. The molecule has 2 heterocycles. The molecule has 0 unspecified atom stereocenters. The molecule has 1 aliphatic heterocycles. The molecule has 118 valence electrons. The number of hydrogen-bond acceptors (Lipinski definition) is 5. The minimum Gasteiger partial charge on any atom is -0.395 e. The molecule has 0 aliphatic carbocycles. The molecule has 1 aliphatic rings. The molecule has 5 nitrogen and oxygen atoms in total. The first-order chi connectivity index (χ1) is 10.2. The Morgan fingerprint density at radius 1 is 1.62 bits per heavy atom. The summed E-state index contributed by atoms with van der Waals surface area (Å²) in [7, 11) is 2.15. The van der Waals surface area contributed by atoms with Crippen LogP contribution in [0.2, 0.25) is 0 Å². The zero-order valence-electron chi connectivity index (χ0n) is 12.7. The average molecular weight is 311 g/mol. The van der Waals surface area contributed by atoms with Crippen LogP contribution in [0.4, 0.5) is 0 Å². The highest BCUT2D eigenvalue weighted by atomic mass is 32.1. The van der Waals surface area contributed by atoms with Crippen LogP contribution in [-0.2, 0) is 11.3 Å². The molecule has 0 radical (unpaired) electrons. The van der Waals surface area contributed by atoms with E-state index in [1.807, 2.05) is 5.38 Å². The molecule has 0 spiro atoms. The van der Waals surface area contributed by atoms with E-state index in [2.05, 4.69) is 16.9 Å². The molecule has 1 amide bonds. The molecular weight excluding hydrogens is 286 g/mol. The number of likely N-dealkylation sites (tertiary alicyclic amines) is 1. The summed E-state index contributed by atoms with van der Waals surface area (Å²) in [6.07, 6.45) is 5.73. The third kappa shape index (κ3) is 5.37. The average Bonchev–Trinajstić information content (AvgIpc) is 2.97. The third-order valence-corrected chi connectivity index (χ3v) is 4.79. The Kier molecular flexibility index (Phi) is 6.60. The number of piperidine rings is 1.